The van der Waals surface area contributed by atoms with Crippen LogP contribution in [0.2, 0.25) is 0 Å². The molecule has 0 unspecified atom stereocenters. The van der Waals surface area contributed by atoms with E-state index in [2.05, 4.69) is 4.98 Å². The van der Waals surface area contributed by atoms with Crippen LogP contribution < -0.4 is 0 Å². The largest absolute Gasteiger partial charge is 0.275 e. The van der Waals surface area contributed by atoms with Gasteiger partial charge in [-0.1, -0.05) is 0 Å². The summed E-state index contributed by atoms with van der Waals surface area (Å²) in [4.78, 5) is 14.5. The number of hydrogen-bond acceptors (Lipinski definition) is 3. The van der Waals surface area contributed by atoms with Gasteiger partial charge in [0.05, 0.1) is 5.56 Å². The molecule has 0 N–H and O–H groups in total. The molecule has 0 saturated carbocycles. The van der Waals surface area contributed by atoms with Gasteiger partial charge in [-0.05, 0) is 30.2 Å². The van der Waals surface area contributed by atoms with Crippen molar-refractivity contribution >= 4 is 16.8 Å². The smallest absolute Gasteiger partial charge is 0.255 e. The Morgan fingerprint density at radius 2 is 2.42 bits per heavy atom. The fraction of sp³-hybridized carbons (Fsp3) is 0.125. The number of aromatic nitrogens is 1. The number of hydrogen-bond donors (Lipinski definition) is 0. The highest BCUT2D eigenvalue weighted by Gasteiger charge is 2.12. The van der Waals surface area contributed by atoms with Crippen LogP contribution in [0.25, 0.3) is 0 Å². The predicted molar refractivity (Wildman–Crippen MR) is 43.9 cm³/mol. The third-order valence-corrected chi connectivity index (χ3v) is 1.65. The molecule has 0 aliphatic carbocycles. The van der Waals surface area contributed by atoms with Gasteiger partial charge in [-0.25, -0.2) is 4.98 Å². The summed E-state index contributed by atoms with van der Waals surface area (Å²) in [5.41, 5.74) is 0.943. The second-order valence-electron chi connectivity index (χ2n) is 2.24. The van der Waals surface area contributed by atoms with Crippen molar-refractivity contribution in [2.45, 2.75) is 6.92 Å². The van der Waals surface area contributed by atoms with Gasteiger partial charge in [0.15, 0.2) is 5.69 Å². The highest BCUT2D eigenvalue weighted by molar-refractivity contribution is 6.68. The van der Waals surface area contributed by atoms with Crippen molar-refractivity contribution in [3.63, 3.8) is 0 Å². The van der Waals surface area contributed by atoms with Gasteiger partial charge in [0, 0.05) is 6.20 Å². The molecule has 0 aliphatic heterocycles. The zero-order chi connectivity index (χ0) is 9.14. The van der Waals surface area contributed by atoms with Crippen LogP contribution in [0.5, 0.6) is 0 Å². The van der Waals surface area contributed by atoms with Crippen LogP contribution >= 0.6 is 11.6 Å². The Labute approximate surface area is 74.6 Å². The van der Waals surface area contributed by atoms with E-state index in [1.54, 1.807) is 19.1 Å². The van der Waals surface area contributed by atoms with Crippen molar-refractivity contribution in [1.82, 2.24) is 4.98 Å². The number of pyridine rings is 1. The van der Waals surface area contributed by atoms with E-state index in [0.717, 1.165) is 0 Å². The van der Waals surface area contributed by atoms with Gasteiger partial charge in [0.1, 0.15) is 6.07 Å². The Bertz CT molecular complexity index is 368. The Morgan fingerprint density at radius 1 is 1.75 bits per heavy atom. The van der Waals surface area contributed by atoms with E-state index in [4.69, 9.17) is 16.9 Å². The second-order valence-corrected chi connectivity index (χ2v) is 2.58. The SMILES string of the molecule is Cc1ccnc(C#N)c1C(=O)Cl. The number of halogens is 1. The van der Waals surface area contributed by atoms with Crippen LogP contribution in [-0.4, -0.2) is 10.2 Å². The van der Waals surface area contributed by atoms with Gasteiger partial charge in [0.25, 0.3) is 5.24 Å². The third-order valence-electron chi connectivity index (χ3n) is 1.46. The van der Waals surface area contributed by atoms with Crippen molar-refractivity contribution in [2.75, 3.05) is 0 Å². The first-order valence-corrected chi connectivity index (χ1v) is 3.60. The standard InChI is InChI=1S/C8H5ClN2O/c1-5-2-3-11-6(4-10)7(5)8(9)12/h2-3H,1H3. The topological polar surface area (TPSA) is 53.8 Å². The Morgan fingerprint density at radius 3 is 2.83 bits per heavy atom. The van der Waals surface area contributed by atoms with Crippen molar-refractivity contribution in [2.24, 2.45) is 0 Å². The molecule has 0 amide bonds. The lowest BCUT2D eigenvalue weighted by molar-refractivity contribution is 0.108. The van der Waals surface area contributed by atoms with Crippen molar-refractivity contribution < 1.29 is 4.79 Å². The molecule has 0 spiro atoms. The molecular weight excluding hydrogens is 176 g/mol. The van der Waals surface area contributed by atoms with Crippen LogP contribution in [0.3, 0.4) is 0 Å². The molecule has 60 valence electrons. The molecule has 0 aliphatic rings. The first kappa shape index (κ1) is 8.69. The summed E-state index contributed by atoms with van der Waals surface area (Å²) in [6.07, 6.45) is 1.47. The summed E-state index contributed by atoms with van der Waals surface area (Å²) < 4.78 is 0. The van der Waals surface area contributed by atoms with Gasteiger partial charge >= 0.3 is 0 Å². The van der Waals surface area contributed by atoms with Crippen LogP contribution in [-0.2, 0) is 0 Å². The minimum absolute atomic E-state index is 0.0787. The van der Waals surface area contributed by atoms with E-state index in [9.17, 15) is 4.79 Å². The van der Waals surface area contributed by atoms with E-state index < -0.39 is 5.24 Å². The lowest BCUT2D eigenvalue weighted by Crippen LogP contribution is -1.99. The van der Waals surface area contributed by atoms with Crippen LogP contribution in [0.4, 0.5) is 0 Å². The number of carbonyl (C=O) groups excluding carboxylic acids is 1. The summed E-state index contributed by atoms with van der Waals surface area (Å²) in [7, 11) is 0. The summed E-state index contributed by atoms with van der Waals surface area (Å²) in [6.45, 7) is 1.71. The molecule has 0 aromatic carbocycles. The maximum absolute atomic E-state index is 10.8. The number of nitrogens with zero attached hydrogens (tertiary/aromatic N) is 2. The number of nitriles is 1. The van der Waals surface area contributed by atoms with E-state index in [-0.39, 0.29) is 11.3 Å². The van der Waals surface area contributed by atoms with E-state index in [1.807, 2.05) is 0 Å². The lowest BCUT2D eigenvalue weighted by Gasteiger charge is -1.99. The van der Waals surface area contributed by atoms with Gasteiger partial charge in [-0.2, -0.15) is 5.26 Å². The molecule has 12 heavy (non-hydrogen) atoms. The fourth-order valence-electron chi connectivity index (χ4n) is 0.891. The fourth-order valence-corrected chi connectivity index (χ4v) is 1.13. The quantitative estimate of drug-likeness (QED) is 0.618. The Hall–Kier alpha value is -1.40. The average Bonchev–Trinajstić information content (AvgIpc) is 2.03. The molecule has 1 heterocycles. The van der Waals surface area contributed by atoms with E-state index in [1.165, 1.54) is 6.20 Å². The highest BCUT2D eigenvalue weighted by Crippen LogP contribution is 2.12. The molecule has 3 nitrogen and oxygen atoms in total. The molecule has 0 atom stereocenters. The zero-order valence-corrected chi connectivity index (χ0v) is 7.09. The maximum atomic E-state index is 10.8. The summed E-state index contributed by atoms with van der Waals surface area (Å²) in [5.74, 6) is 0. The molecule has 1 rings (SSSR count). The average molecular weight is 181 g/mol. The molecule has 0 radical (unpaired) electrons. The van der Waals surface area contributed by atoms with Crippen molar-refractivity contribution in [3.05, 3.63) is 29.1 Å². The summed E-state index contributed by atoms with van der Waals surface area (Å²) in [6, 6.07) is 3.44. The molecular formula is C8H5ClN2O. The molecule has 4 heteroatoms. The van der Waals surface area contributed by atoms with Crippen molar-refractivity contribution in [1.29, 1.82) is 5.26 Å². The van der Waals surface area contributed by atoms with Crippen LogP contribution in [0.15, 0.2) is 12.3 Å². The molecule has 0 saturated heterocycles. The zero-order valence-electron chi connectivity index (χ0n) is 6.34. The third kappa shape index (κ3) is 1.44. The highest BCUT2D eigenvalue weighted by atomic mass is 35.5. The minimum Gasteiger partial charge on any atom is -0.275 e. The normalized spacial score (nSPS) is 9.08. The monoisotopic (exact) mass is 180 g/mol. The van der Waals surface area contributed by atoms with Gasteiger partial charge in [-0.15, -0.1) is 0 Å². The lowest BCUT2D eigenvalue weighted by atomic mass is 10.1. The molecule has 1 aromatic heterocycles. The molecule has 0 bridgehead atoms. The number of rotatable bonds is 1. The molecule has 1 aromatic rings. The minimum atomic E-state index is -0.642. The van der Waals surface area contributed by atoms with E-state index >= 15 is 0 Å². The predicted octanol–water partition coefficient (Wildman–Crippen LogP) is 1.64. The summed E-state index contributed by atoms with van der Waals surface area (Å²) in [5, 5.41) is 7.93. The Kier molecular flexibility index (Phi) is 2.41. The van der Waals surface area contributed by atoms with Gasteiger partial charge < -0.3 is 0 Å². The first-order chi connectivity index (χ1) is 5.66. The van der Waals surface area contributed by atoms with Crippen LogP contribution in [0, 0.1) is 18.3 Å². The van der Waals surface area contributed by atoms with Crippen LogP contribution in [0.1, 0.15) is 21.6 Å². The maximum Gasteiger partial charge on any atom is 0.255 e. The van der Waals surface area contributed by atoms with Crippen molar-refractivity contribution in [3.8, 4) is 6.07 Å². The molecule has 0 fully saturated rings. The van der Waals surface area contributed by atoms with Gasteiger partial charge in [0.2, 0.25) is 0 Å². The van der Waals surface area contributed by atoms with Gasteiger partial charge in [-0.3, -0.25) is 4.79 Å². The first-order valence-electron chi connectivity index (χ1n) is 3.22. The second kappa shape index (κ2) is 3.33. The number of aryl methyl sites for hydroxylation is 1. The summed E-state index contributed by atoms with van der Waals surface area (Å²) >= 11 is 5.26. The number of carbonyl (C=O) groups is 1. The Balaban J connectivity index is 3.42. The van der Waals surface area contributed by atoms with E-state index in [0.29, 0.717) is 5.56 Å².